The molecule has 21 heavy (non-hydrogen) atoms. The van der Waals surface area contributed by atoms with Crippen molar-refractivity contribution in [2.75, 3.05) is 0 Å². The van der Waals surface area contributed by atoms with Gasteiger partial charge in [0.25, 0.3) is 0 Å². The summed E-state index contributed by atoms with van der Waals surface area (Å²) in [6.45, 7) is 8.36. The van der Waals surface area contributed by atoms with E-state index >= 15 is 0 Å². The predicted molar refractivity (Wildman–Crippen MR) is 86.7 cm³/mol. The molecule has 0 spiro atoms. The van der Waals surface area contributed by atoms with Gasteiger partial charge in [0, 0.05) is 23.4 Å². The number of hydrogen-bond acceptors (Lipinski definition) is 1. The first-order valence-corrected chi connectivity index (χ1v) is 7.67. The Morgan fingerprint density at radius 2 is 1.86 bits per heavy atom. The van der Waals surface area contributed by atoms with Gasteiger partial charge in [-0.15, -0.1) is 0 Å². The van der Waals surface area contributed by atoms with Crippen molar-refractivity contribution in [3.05, 3.63) is 51.8 Å². The van der Waals surface area contributed by atoms with Crippen LogP contribution in [0.2, 0.25) is 5.02 Å². The van der Waals surface area contributed by atoms with Crippen LogP contribution < -0.4 is 0 Å². The number of ketones is 1. The van der Waals surface area contributed by atoms with Crippen molar-refractivity contribution in [2.24, 2.45) is 5.41 Å². The minimum Gasteiger partial charge on any atom is -0.316 e. The van der Waals surface area contributed by atoms with E-state index in [0.717, 1.165) is 39.6 Å². The zero-order chi connectivity index (χ0) is 15.4. The molecular weight excluding hydrogens is 282 g/mol. The topological polar surface area (TPSA) is 22.0 Å². The fourth-order valence-electron chi connectivity index (χ4n) is 3.28. The third-order valence-electron chi connectivity index (χ3n) is 4.22. The van der Waals surface area contributed by atoms with Crippen LogP contribution in [0.25, 0.3) is 5.69 Å². The van der Waals surface area contributed by atoms with Crippen LogP contribution in [0.4, 0.5) is 0 Å². The third-order valence-corrected chi connectivity index (χ3v) is 4.52. The highest BCUT2D eigenvalue weighted by molar-refractivity contribution is 6.32. The number of aryl methyl sites for hydroxylation is 2. The number of nitrogens with zero attached hydrogens (tertiary/aromatic N) is 1. The molecule has 0 saturated heterocycles. The summed E-state index contributed by atoms with van der Waals surface area (Å²) >= 11 is 6.44. The van der Waals surface area contributed by atoms with Crippen LogP contribution in [-0.2, 0) is 6.42 Å². The van der Waals surface area contributed by atoms with Gasteiger partial charge in [0.05, 0.1) is 10.7 Å². The number of carbonyl (C=O) groups is 1. The first kappa shape index (κ1) is 14.4. The summed E-state index contributed by atoms with van der Waals surface area (Å²) in [5.74, 6) is 0.242. The van der Waals surface area contributed by atoms with Crippen LogP contribution in [0.1, 0.15) is 47.6 Å². The summed E-state index contributed by atoms with van der Waals surface area (Å²) in [7, 11) is 0. The Kier molecular flexibility index (Phi) is 3.25. The van der Waals surface area contributed by atoms with E-state index in [1.54, 1.807) is 0 Å². The maximum atomic E-state index is 12.4. The van der Waals surface area contributed by atoms with Gasteiger partial charge >= 0.3 is 0 Å². The van der Waals surface area contributed by atoms with Crippen molar-refractivity contribution in [1.29, 1.82) is 0 Å². The van der Waals surface area contributed by atoms with Crippen LogP contribution in [0.3, 0.4) is 0 Å². The van der Waals surface area contributed by atoms with E-state index in [1.807, 2.05) is 32.0 Å². The van der Waals surface area contributed by atoms with E-state index in [-0.39, 0.29) is 11.2 Å². The van der Waals surface area contributed by atoms with Crippen molar-refractivity contribution < 1.29 is 4.79 Å². The maximum Gasteiger partial charge on any atom is 0.165 e. The third kappa shape index (κ3) is 2.42. The Labute approximate surface area is 130 Å². The summed E-state index contributed by atoms with van der Waals surface area (Å²) in [6.07, 6.45) is 1.51. The van der Waals surface area contributed by atoms with E-state index in [0.29, 0.717) is 6.42 Å². The largest absolute Gasteiger partial charge is 0.316 e. The number of halogens is 1. The van der Waals surface area contributed by atoms with E-state index in [1.165, 1.54) is 0 Å². The highest BCUT2D eigenvalue weighted by atomic mass is 35.5. The first-order chi connectivity index (χ1) is 9.78. The number of Topliss-reactive ketones (excluding diaryl/α,β-unsaturated/α-hetero) is 1. The Bertz CT molecular complexity index is 740. The van der Waals surface area contributed by atoms with E-state index in [9.17, 15) is 4.79 Å². The molecule has 2 nitrogen and oxygen atoms in total. The average molecular weight is 302 g/mol. The van der Waals surface area contributed by atoms with Gasteiger partial charge in [-0.25, -0.2) is 0 Å². The maximum absolute atomic E-state index is 12.4. The summed E-state index contributed by atoms with van der Waals surface area (Å²) in [4.78, 5) is 12.4. The summed E-state index contributed by atoms with van der Waals surface area (Å²) in [5.41, 5.74) is 5.13. The lowest BCUT2D eigenvalue weighted by molar-refractivity contribution is 0.0911. The van der Waals surface area contributed by atoms with Gasteiger partial charge in [0.2, 0.25) is 0 Å². The molecule has 0 N–H and O–H groups in total. The first-order valence-electron chi connectivity index (χ1n) is 7.29. The molecule has 0 fully saturated rings. The molecule has 0 bridgehead atoms. The molecule has 1 aromatic carbocycles. The molecule has 0 unspecified atom stereocenters. The van der Waals surface area contributed by atoms with Crippen LogP contribution in [0.5, 0.6) is 0 Å². The summed E-state index contributed by atoms with van der Waals surface area (Å²) in [6, 6.07) is 8.07. The molecule has 1 aliphatic rings. The van der Waals surface area contributed by atoms with E-state index in [4.69, 9.17) is 11.6 Å². The van der Waals surface area contributed by atoms with Crippen molar-refractivity contribution in [1.82, 2.24) is 4.57 Å². The minimum atomic E-state index is 0.00377. The Hall–Kier alpha value is -1.54. The number of aromatic nitrogens is 1. The second-order valence-corrected chi connectivity index (χ2v) is 7.28. The molecule has 0 aliphatic heterocycles. The number of fused-ring (bicyclic) bond motifs is 1. The van der Waals surface area contributed by atoms with Crippen molar-refractivity contribution in [3.8, 4) is 5.69 Å². The molecule has 1 aliphatic carbocycles. The Balaban J connectivity index is 2.23. The lowest BCUT2D eigenvalue weighted by Crippen LogP contribution is -2.27. The molecule has 0 atom stereocenters. The molecule has 110 valence electrons. The zero-order valence-electron chi connectivity index (χ0n) is 13.0. The molecule has 3 heteroatoms. The molecule has 1 aromatic heterocycles. The average Bonchev–Trinajstić information content (AvgIpc) is 2.65. The smallest absolute Gasteiger partial charge is 0.165 e. The zero-order valence-corrected chi connectivity index (χ0v) is 13.7. The second kappa shape index (κ2) is 4.74. The van der Waals surface area contributed by atoms with Gasteiger partial charge < -0.3 is 4.57 Å². The summed E-state index contributed by atoms with van der Waals surface area (Å²) < 4.78 is 2.15. The molecule has 0 saturated carbocycles. The van der Waals surface area contributed by atoms with Gasteiger partial charge in [0.15, 0.2) is 5.78 Å². The van der Waals surface area contributed by atoms with Gasteiger partial charge in [0.1, 0.15) is 0 Å². The Morgan fingerprint density at radius 1 is 1.14 bits per heavy atom. The fraction of sp³-hybridized carbons (Fsp3) is 0.389. The fourth-order valence-corrected chi connectivity index (χ4v) is 3.60. The van der Waals surface area contributed by atoms with Crippen LogP contribution in [0, 0.1) is 19.3 Å². The van der Waals surface area contributed by atoms with E-state index < -0.39 is 0 Å². The molecule has 0 radical (unpaired) electrons. The molecular formula is C18H20ClNO. The standard InChI is InChI=1S/C18H20ClNO/c1-11-5-6-15(14(19)7-11)20-12(2)8-13-16(20)9-18(3,4)10-17(13)21/h5-8H,9-10H2,1-4H3. The number of rotatable bonds is 1. The van der Waals surface area contributed by atoms with Crippen molar-refractivity contribution in [2.45, 2.75) is 40.5 Å². The van der Waals surface area contributed by atoms with Crippen LogP contribution >= 0.6 is 11.6 Å². The Morgan fingerprint density at radius 3 is 2.52 bits per heavy atom. The molecule has 2 aromatic rings. The highest BCUT2D eigenvalue weighted by Crippen LogP contribution is 2.38. The van der Waals surface area contributed by atoms with Crippen LogP contribution in [0.15, 0.2) is 24.3 Å². The van der Waals surface area contributed by atoms with Gasteiger partial charge in [-0.05, 0) is 49.4 Å². The van der Waals surface area contributed by atoms with E-state index in [2.05, 4.69) is 24.5 Å². The second-order valence-electron chi connectivity index (χ2n) is 6.88. The summed E-state index contributed by atoms with van der Waals surface area (Å²) in [5, 5.41) is 0.729. The predicted octanol–water partition coefficient (Wildman–Crippen LogP) is 4.90. The van der Waals surface area contributed by atoms with Crippen molar-refractivity contribution in [3.63, 3.8) is 0 Å². The lowest BCUT2D eigenvalue weighted by atomic mass is 9.76. The molecule has 3 rings (SSSR count). The minimum absolute atomic E-state index is 0.00377. The van der Waals surface area contributed by atoms with Crippen LogP contribution in [-0.4, -0.2) is 10.4 Å². The monoisotopic (exact) mass is 301 g/mol. The molecule has 1 heterocycles. The normalized spacial score (nSPS) is 16.9. The lowest BCUT2D eigenvalue weighted by Gasteiger charge is -2.30. The number of benzene rings is 1. The number of hydrogen-bond donors (Lipinski definition) is 0. The van der Waals surface area contributed by atoms with Gasteiger partial charge in [-0.1, -0.05) is 31.5 Å². The highest BCUT2D eigenvalue weighted by Gasteiger charge is 2.34. The van der Waals surface area contributed by atoms with Gasteiger partial charge in [-0.3, -0.25) is 4.79 Å². The number of carbonyl (C=O) groups excluding carboxylic acids is 1. The van der Waals surface area contributed by atoms with Crippen molar-refractivity contribution >= 4 is 17.4 Å². The quantitative estimate of drug-likeness (QED) is 0.734. The van der Waals surface area contributed by atoms with Gasteiger partial charge in [-0.2, -0.15) is 0 Å². The molecule has 0 amide bonds. The SMILES string of the molecule is Cc1ccc(-n2c(C)cc3c2CC(C)(C)CC3=O)c(Cl)c1.